The van der Waals surface area contributed by atoms with Gasteiger partial charge in [-0.3, -0.25) is 9.59 Å². The highest BCUT2D eigenvalue weighted by Gasteiger charge is 2.39. The van der Waals surface area contributed by atoms with Crippen LogP contribution in [0.5, 0.6) is 5.75 Å². The molecule has 4 rings (SSSR count). The SMILES string of the molecule is CC(C)(C)c1ccc(OC(=O)c2ccc(NC3=C(Cl)C(=O)N(c4ccccc4Cl)C3=O)cc2)c(C(C)(C)C)c1. The first kappa shape index (κ1) is 28.4. The van der Waals surface area contributed by atoms with Crippen molar-refractivity contribution in [2.45, 2.75) is 52.4 Å². The normalized spacial score (nSPS) is 14.2. The van der Waals surface area contributed by atoms with Crippen LogP contribution in [0.4, 0.5) is 11.4 Å². The number of amides is 2. The Morgan fingerprint density at radius 1 is 0.821 bits per heavy atom. The van der Waals surface area contributed by atoms with Crippen molar-refractivity contribution in [1.82, 2.24) is 0 Å². The molecule has 3 aromatic carbocycles. The molecule has 0 saturated carbocycles. The lowest BCUT2D eigenvalue weighted by molar-refractivity contribution is -0.120. The first-order valence-electron chi connectivity index (χ1n) is 12.5. The molecular weight excluding hydrogens is 535 g/mol. The summed E-state index contributed by atoms with van der Waals surface area (Å²) in [7, 11) is 0. The van der Waals surface area contributed by atoms with E-state index in [1.807, 2.05) is 12.1 Å². The van der Waals surface area contributed by atoms with E-state index in [1.165, 1.54) is 0 Å². The van der Waals surface area contributed by atoms with Crippen LogP contribution in [0.15, 0.2) is 77.5 Å². The van der Waals surface area contributed by atoms with Gasteiger partial charge in [0.05, 0.1) is 16.3 Å². The van der Waals surface area contributed by atoms with Crippen molar-refractivity contribution < 1.29 is 19.1 Å². The van der Waals surface area contributed by atoms with Crippen LogP contribution >= 0.6 is 23.2 Å². The molecule has 0 spiro atoms. The number of halogens is 2. The van der Waals surface area contributed by atoms with Gasteiger partial charge in [0.25, 0.3) is 11.8 Å². The second-order valence-electron chi connectivity index (χ2n) is 11.4. The van der Waals surface area contributed by atoms with Gasteiger partial charge < -0.3 is 10.1 Å². The summed E-state index contributed by atoms with van der Waals surface area (Å²) in [5.74, 6) is -1.31. The Kier molecular flexibility index (Phi) is 7.66. The molecule has 0 radical (unpaired) electrons. The minimum absolute atomic E-state index is 0.0423. The van der Waals surface area contributed by atoms with E-state index in [0.29, 0.717) is 17.0 Å². The fourth-order valence-electron chi connectivity index (χ4n) is 4.13. The van der Waals surface area contributed by atoms with Crippen molar-refractivity contribution in [2.24, 2.45) is 0 Å². The Labute approximate surface area is 238 Å². The predicted octanol–water partition coefficient (Wildman–Crippen LogP) is 7.59. The van der Waals surface area contributed by atoms with Crippen LogP contribution in [0.25, 0.3) is 0 Å². The predicted molar refractivity (Wildman–Crippen MR) is 156 cm³/mol. The van der Waals surface area contributed by atoms with E-state index in [-0.39, 0.29) is 32.3 Å². The first-order valence-corrected chi connectivity index (χ1v) is 13.2. The van der Waals surface area contributed by atoms with E-state index < -0.39 is 17.8 Å². The molecule has 0 aliphatic carbocycles. The molecule has 1 N–H and O–H groups in total. The van der Waals surface area contributed by atoms with E-state index in [2.05, 4.69) is 52.9 Å². The van der Waals surface area contributed by atoms with E-state index in [4.69, 9.17) is 27.9 Å². The summed E-state index contributed by atoms with van der Waals surface area (Å²) in [5, 5.41) is 2.89. The second-order valence-corrected chi connectivity index (χ2v) is 12.2. The Morgan fingerprint density at radius 3 is 2.05 bits per heavy atom. The van der Waals surface area contributed by atoms with Gasteiger partial charge >= 0.3 is 5.97 Å². The number of carbonyl (C=O) groups excluding carboxylic acids is 3. The number of para-hydroxylation sites is 1. The van der Waals surface area contributed by atoms with Crippen LogP contribution < -0.4 is 15.0 Å². The fourth-order valence-corrected chi connectivity index (χ4v) is 4.56. The molecule has 202 valence electrons. The fraction of sp³-hybridized carbons (Fsp3) is 0.258. The largest absolute Gasteiger partial charge is 0.423 e. The number of hydrogen-bond acceptors (Lipinski definition) is 5. The van der Waals surface area contributed by atoms with Crippen LogP contribution in [0, 0.1) is 0 Å². The van der Waals surface area contributed by atoms with Gasteiger partial charge in [0.15, 0.2) is 0 Å². The third-order valence-electron chi connectivity index (χ3n) is 6.37. The molecule has 8 heteroatoms. The summed E-state index contributed by atoms with van der Waals surface area (Å²) in [5.41, 5.74) is 2.77. The summed E-state index contributed by atoms with van der Waals surface area (Å²) in [6.45, 7) is 12.7. The van der Waals surface area contributed by atoms with E-state index >= 15 is 0 Å². The maximum absolute atomic E-state index is 13.0. The highest BCUT2D eigenvalue weighted by atomic mass is 35.5. The van der Waals surface area contributed by atoms with Gasteiger partial charge in [-0.2, -0.15) is 0 Å². The van der Waals surface area contributed by atoms with Gasteiger partial charge in [-0.05, 0) is 58.9 Å². The van der Waals surface area contributed by atoms with Gasteiger partial charge in [0.1, 0.15) is 16.5 Å². The average Bonchev–Trinajstić information content (AvgIpc) is 3.06. The smallest absolute Gasteiger partial charge is 0.343 e. The lowest BCUT2D eigenvalue weighted by Gasteiger charge is -2.26. The molecule has 39 heavy (non-hydrogen) atoms. The standard InChI is InChI=1S/C31H30Cl2N2O4/c1-30(2,3)19-13-16-24(21(17-19)31(4,5)6)39-29(38)18-11-14-20(15-12-18)34-26-25(33)27(36)35(28(26)37)23-10-8-7-9-22(23)32/h7-17,34H,1-6H3. The number of carbonyl (C=O) groups is 3. The number of imide groups is 1. The van der Waals surface area contributed by atoms with Crippen molar-refractivity contribution in [1.29, 1.82) is 0 Å². The molecule has 0 unspecified atom stereocenters. The summed E-state index contributed by atoms with van der Waals surface area (Å²) < 4.78 is 5.81. The maximum atomic E-state index is 13.0. The van der Waals surface area contributed by atoms with Crippen molar-refractivity contribution in [2.75, 3.05) is 10.2 Å². The van der Waals surface area contributed by atoms with Crippen molar-refractivity contribution in [3.63, 3.8) is 0 Å². The van der Waals surface area contributed by atoms with Crippen LogP contribution in [0.3, 0.4) is 0 Å². The topological polar surface area (TPSA) is 75.7 Å². The van der Waals surface area contributed by atoms with E-state index in [1.54, 1.807) is 48.5 Å². The quantitative estimate of drug-likeness (QED) is 0.196. The summed E-state index contributed by atoms with van der Waals surface area (Å²) in [6.07, 6.45) is 0. The number of hydrogen-bond donors (Lipinski definition) is 1. The zero-order valence-corrected chi connectivity index (χ0v) is 24.2. The molecule has 0 saturated heterocycles. The zero-order valence-electron chi connectivity index (χ0n) is 22.7. The summed E-state index contributed by atoms with van der Waals surface area (Å²) >= 11 is 12.4. The van der Waals surface area contributed by atoms with Crippen LogP contribution in [-0.2, 0) is 20.4 Å². The Balaban J connectivity index is 1.52. The van der Waals surface area contributed by atoms with Crippen molar-refractivity contribution >= 4 is 52.4 Å². The monoisotopic (exact) mass is 564 g/mol. The molecule has 2 amide bonds. The number of esters is 1. The number of benzene rings is 3. The summed E-state index contributed by atoms with van der Waals surface area (Å²) in [4.78, 5) is 39.7. The minimum Gasteiger partial charge on any atom is -0.423 e. The number of nitrogens with one attached hydrogen (secondary N) is 1. The van der Waals surface area contributed by atoms with Crippen LogP contribution in [0.2, 0.25) is 5.02 Å². The third-order valence-corrected chi connectivity index (χ3v) is 7.04. The number of anilines is 2. The second kappa shape index (κ2) is 10.5. The van der Waals surface area contributed by atoms with Crippen LogP contribution in [0.1, 0.15) is 63.0 Å². The maximum Gasteiger partial charge on any atom is 0.343 e. The first-order chi connectivity index (χ1) is 18.2. The Morgan fingerprint density at radius 2 is 1.46 bits per heavy atom. The molecular formula is C31H30Cl2N2O4. The molecule has 1 aliphatic heterocycles. The van der Waals surface area contributed by atoms with Gasteiger partial charge in [0.2, 0.25) is 0 Å². The molecule has 0 fully saturated rings. The number of rotatable bonds is 5. The minimum atomic E-state index is -0.676. The Bertz CT molecular complexity index is 1500. The highest BCUT2D eigenvalue weighted by molar-refractivity contribution is 6.53. The molecule has 0 bridgehead atoms. The molecule has 0 aromatic heterocycles. The van der Waals surface area contributed by atoms with Crippen LogP contribution in [-0.4, -0.2) is 17.8 Å². The van der Waals surface area contributed by atoms with Crippen molar-refractivity contribution in [3.05, 3.63) is 99.2 Å². The molecule has 1 aliphatic rings. The lowest BCUT2D eigenvalue weighted by Crippen LogP contribution is -2.32. The number of nitrogens with zero attached hydrogens (tertiary/aromatic N) is 1. The van der Waals surface area contributed by atoms with E-state index in [9.17, 15) is 14.4 Å². The van der Waals surface area contributed by atoms with E-state index in [0.717, 1.165) is 16.0 Å². The third kappa shape index (κ3) is 5.87. The molecule has 1 heterocycles. The van der Waals surface area contributed by atoms with Gasteiger partial charge in [-0.15, -0.1) is 0 Å². The molecule has 3 aromatic rings. The summed E-state index contributed by atoms with van der Waals surface area (Å²) in [6, 6.07) is 18.8. The molecule has 6 nitrogen and oxygen atoms in total. The lowest BCUT2D eigenvalue weighted by atomic mass is 9.80. The Hall–Kier alpha value is -3.61. The molecule has 0 atom stereocenters. The zero-order chi connectivity index (χ0) is 28.7. The number of ether oxygens (including phenoxy) is 1. The van der Waals surface area contributed by atoms with Gasteiger partial charge in [-0.25, -0.2) is 9.69 Å². The van der Waals surface area contributed by atoms with Gasteiger partial charge in [-0.1, -0.05) is 89.0 Å². The highest BCUT2D eigenvalue weighted by Crippen LogP contribution is 2.36. The van der Waals surface area contributed by atoms with Crippen molar-refractivity contribution in [3.8, 4) is 5.75 Å². The van der Waals surface area contributed by atoms with Gasteiger partial charge in [0, 0.05) is 11.3 Å². The average molecular weight is 565 g/mol.